The number of ether oxygens (including phenoxy) is 14. The Bertz CT molecular complexity index is 3510. The minimum absolute atomic E-state index is 0.0460. The molecule has 0 aromatic heterocycles. The Morgan fingerprint density at radius 3 is 1.43 bits per heavy atom. The molecule has 0 radical (unpaired) electrons. The summed E-state index contributed by atoms with van der Waals surface area (Å²) in [6.07, 6.45) is -15.1. The number of imide groups is 1. The molecule has 0 spiro atoms. The Labute approximate surface area is 540 Å². The summed E-state index contributed by atoms with van der Waals surface area (Å²) in [5, 5.41) is 4.43. The van der Waals surface area contributed by atoms with Crippen molar-refractivity contribution in [2.24, 2.45) is 5.11 Å². The van der Waals surface area contributed by atoms with Crippen molar-refractivity contribution in [3.8, 4) is 5.75 Å². The number of fused-ring (bicyclic) bond motifs is 1. The monoisotopic (exact) mass is 1270 g/mol. The SMILES string of the molecule is COc1ccc(CO[C@H]2[C@H](OC)[C@H](OC[C@H]3O[C@@H](OCc4ccccc4)[C@H](N4C(=O)c5ccccc5C4=O)[C@@H](OCc4ccccc4)[C@@H]3O[C@@H]3O[C@H](COCc4ccccc4)[C@@H](OCc4ccccc4)[C@H](OCc4ccccc4)[C@H]3N=[N+]=[N-])O[C@@H](C)[C@H]2OC(C)=O)cc1. The van der Waals surface area contributed by atoms with Crippen LogP contribution in [0.2, 0.25) is 0 Å². The van der Waals surface area contributed by atoms with Gasteiger partial charge in [0.05, 0.1) is 77.2 Å². The molecule has 0 unspecified atom stereocenters. The van der Waals surface area contributed by atoms with Gasteiger partial charge in [-0.05, 0) is 70.1 Å². The molecule has 7 aromatic carbocycles. The molecular weight excluding hydrogens is 1190 g/mol. The zero-order valence-electron chi connectivity index (χ0n) is 52.1. The first-order chi connectivity index (χ1) is 45.6. The minimum atomic E-state index is -1.54. The molecule has 486 valence electrons. The van der Waals surface area contributed by atoms with Gasteiger partial charge in [-0.1, -0.05) is 181 Å². The van der Waals surface area contributed by atoms with Gasteiger partial charge in [0.1, 0.15) is 66.7 Å². The molecule has 11 rings (SSSR count). The first kappa shape index (κ1) is 66.2. The van der Waals surface area contributed by atoms with E-state index in [9.17, 15) is 10.3 Å². The molecule has 4 aliphatic rings. The quantitative estimate of drug-likeness (QED) is 0.0139. The van der Waals surface area contributed by atoms with E-state index in [2.05, 4.69) is 10.0 Å². The highest BCUT2D eigenvalue weighted by atomic mass is 16.8. The van der Waals surface area contributed by atoms with Crippen molar-refractivity contribution in [1.29, 1.82) is 0 Å². The molecule has 21 nitrogen and oxygen atoms in total. The molecule has 0 saturated carbocycles. The second-order valence-corrected chi connectivity index (χ2v) is 22.9. The van der Waals surface area contributed by atoms with Gasteiger partial charge in [0, 0.05) is 18.9 Å². The van der Waals surface area contributed by atoms with E-state index in [1.165, 1.54) is 14.0 Å². The summed E-state index contributed by atoms with van der Waals surface area (Å²) in [6, 6.07) is 58.7. The normalized spacial score (nSPS) is 26.8. The molecule has 3 saturated heterocycles. The van der Waals surface area contributed by atoms with Gasteiger partial charge < -0.3 is 66.3 Å². The molecule has 7 aromatic rings. The van der Waals surface area contributed by atoms with Crippen molar-refractivity contribution in [3.63, 3.8) is 0 Å². The van der Waals surface area contributed by atoms with Crippen molar-refractivity contribution in [1.82, 2.24) is 4.90 Å². The number of carbonyl (C=O) groups excluding carboxylic acids is 3. The summed E-state index contributed by atoms with van der Waals surface area (Å²) >= 11 is 0. The molecule has 4 aliphatic heterocycles. The molecule has 15 atom stereocenters. The average Bonchev–Trinajstić information content (AvgIpc) is 1.76. The van der Waals surface area contributed by atoms with Crippen LogP contribution in [0.4, 0.5) is 0 Å². The number of amides is 2. The summed E-state index contributed by atoms with van der Waals surface area (Å²) in [4.78, 5) is 47.6. The Morgan fingerprint density at radius 1 is 0.473 bits per heavy atom. The van der Waals surface area contributed by atoms with Gasteiger partial charge in [-0.15, -0.1) is 0 Å². The summed E-state index contributed by atoms with van der Waals surface area (Å²) in [6.45, 7) is 2.89. The van der Waals surface area contributed by atoms with E-state index >= 15 is 9.59 Å². The van der Waals surface area contributed by atoms with Gasteiger partial charge in [0.15, 0.2) is 25.0 Å². The molecule has 2 amide bonds. The molecule has 0 bridgehead atoms. The molecule has 21 heteroatoms. The molecule has 3 fully saturated rings. The minimum Gasteiger partial charge on any atom is -0.497 e. The summed E-state index contributed by atoms with van der Waals surface area (Å²) < 4.78 is 93.8. The van der Waals surface area contributed by atoms with Crippen LogP contribution in [0.5, 0.6) is 5.75 Å². The van der Waals surface area contributed by atoms with Crippen molar-refractivity contribution in [2.75, 3.05) is 27.4 Å². The number of benzene rings is 7. The van der Waals surface area contributed by atoms with Gasteiger partial charge in [0.25, 0.3) is 11.8 Å². The standard InChI is InChI=1S/C72H76N4O17/c1-46-61(90-47(2)77)66(86-42-53-34-36-54(80-3)37-35-53)67(81-4)72(89-46)88-45-58-63(65(85-41-51-28-16-8-17-29-51)60(71(92-58)87-43-52-30-18-9-19-31-52)76-68(78)55-32-20-21-33-56(55)69(76)79)93-70-59(74-75-73)64(84-40-50-26-14-7-15-27-50)62(83-39-49-24-12-6-13-25-49)57(91-70)44-82-38-48-22-10-5-11-23-48/h5-37,46,57-67,70-72H,38-45H2,1-4H3/t46-,57+,58+,59+,60+,61+,62+,63+,64+,65+,66+,67-,70-,71+,72+/m0/s1. The number of hydrogen-bond donors (Lipinski definition) is 0. The highest BCUT2D eigenvalue weighted by molar-refractivity contribution is 6.21. The number of azide groups is 1. The topological polar surface area (TPSA) is 232 Å². The molecular formula is C72H76N4O17. The lowest BCUT2D eigenvalue weighted by Crippen LogP contribution is -2.69. The van der Waals surface area contributed by atoms with Crippen LogP contribution in [-0.2, 0) is 106 Å². The number of nitrogens with zero attached hydrogens (tertiary/aromatic N) is 4. The highest BCUT2D eigenvalue weighted by Gasteiger charge is 2.59. The third-order valence-electron chi connectivity index (χ3n) is 16.7. The van der Waals surface area contributed by atoms with E-state index in [4.69, 9.17) is 66.3 Å². The first-order valence-electron chi connectivity index (χ1n) is 31.0. The molecule has 0 aliphatic carbocycles. The van der Waals surface area contributed by atoms with Crippen LogP contribution in [0.3, 0.4) is 0 Å². The van der Waals surface area contributed by atoms with Crippen LogP contribution in [0.15, 0.2) is 205 Å². The highest BCUT2D eigenvalue weighted by Crippen LogP contribution is 2.40. The fourth-order valence-electron chi connectivity index (χ4n) is 12.1. The van der Waals surface area contributed by atoms with Gasteiger partial charge in [-0.25, -0.2) is 0 Å². The third kappa shape index (κ3) is 16.6. The van der Waals surface area contributed by atoms with Crippen molar-refractivity contribution in [3.05, 3.63) is 255 Å². The molecule has 0 N–H and O–H groups in total. The summed E-state index contributed by atoms with van der Waals surface area (Å²) in [7, 11) is 3.05. The van der Waals surface area contributed by atoms with E-state index in [1.807, 2.05) is 176 Å². The lowest BCUT2D eigenvalue weighted by Gasteiger charge is -2.51. The summed E-state index contributed by atoms with van der Waals surface area (Å²) in [5.41, 5.74) is 15.9. The van der Waals surface area contributed by atoms with Crippen molar-refractivity contribution < 1.29 is 80.7 Å². The van der Waals surface area contributed by atoms with Gasteiger partial charge >= 0.3 is 5.97 Å². The lowest BCUT2D eigenvalue weighted by molar-refractivity contribution is -0.356. The van der Waals surface area contributed by atoms with E-state index < -0.39 is 116 Å². The van der Waals surface area contributed by atoms with E-state index in [0.717, 1.165) is 38.3 Å². The van der Waals surface area contributed by atoms with E-state index in [-0.39, 0.29) is 57.4 Å². The Balaban J connectivity index is 1.02. The maximum absolute atomic E-state index is 15.1. The largest absolute Gasteiger partial charge is 0.497 e. The van der Waals surface area contributed by atoms with Crippen LogP contribution in [0, 0.1) is 0 Å². The van der Waals surface area contributed by atoms with Gasteiger partial charge in [-0.3, -0.25) is 19.3 Å². The first-order valence-corrected chi connectivity index (χ1v) is 31.0. The second kappa shape index (κ2) is 32.6. The van der Waals surface area contributed by atoms with E-state index in [1.54, 1.807) is 38.3 Å². The Morgan fingerprint density at radius 2 is 0.925 bits per heavy atom. The van der Waals surface area contributed by atoms with Crippen LogP contribution in [-0.4, -0.2) is 142 Å². The van der Waals surface area contributed by atoms with E-state index in [0.29, 0.717) is 5.75 Å². The van der Waals surface area contributed by atoms with Crippen LogP contribution in [0.1, 0.15) is 67.9 Å². The lowest BCUT2D eigenvalue weighted by atomic mass is 9.93. The third-order valence-corrected chi connectivity index (χ3v) is 16.7. The zero-order valence-corrected chi connectivity index (χ0v) is 52.1. The number of carbonyl (C=O) groups is 3. The number of methoxy groups -OCH3 is 2. The maximum atomic E-state index is 15.1. The predicted octanol–water partition coefficient (Wildman–Crippen LogP) is 10.7. The van der Waals surface area contributed by atoms with Crippen molar-refractivity contribution >= 4 is 17.8 Å². The van der Waals surface area contributed by atoms with Crippen LogP contribution < -0.4 is 4.74 Å². The number of rotatable bonds is 29. The average molecular weight is 1270 g/mol. The number of esters is 1. The fourth-order valence-corrected chi connectivity index (χ4v) is 12.1. The Hall–Kier alpha value is -8.22. The Kier molecular flexibility index (Phi) is 23.2. The van der Waals surface area contributed by atoms with Crippen LogP contribution >= 0.6 is 0 Å². The van der Waals surface area contributed by atoms with Gasteiger partial charge in [-0.2, -0.15) is 0 Å². The maximum Gasteiger partial charge on any atom is 0.303 e. The smallest absolute Gasteiger partial charge is 0.303 e. The second-order valence-electron chi connectivity index (χ2n) is 22.9. The zero-order chi connectivity index (χ0) is 64.5. The van der Waals surface area contributed by atoms with Gasteiger partial charge in [0.2, 0.25) is 0 Å². The summed E-state index contributed by atoms with van der Waals surface area (Å²) in [5.74, 6) is -1.16. The molecule has 93 heavy (non-hydrogen) atoms. The van der Waals surface area contributed by atoms with Crippen molar-refractivity contribution in [2.45, 2.75) is 145 Å². The fraction of sp³-hybridized carbons (Fsp3) is 0.375. The molecule has 4 heterocycles. The number of hydrogen-bond acceptors (Lipinski definition) is 18. The van der Waals surface area contributed by atoms with Crippen LogP contribution in [0.25, 0.3) is 10.4 Å². The predicted molar refractivity (Wildman–Crippen MR) is 336 cm³/mol.